The molecule has 0 atom stereocenters. The van der Waals surface area contributed by atoms with E-state index in [0.29, 0.717) is 0 Å². The summed E-state index contributed by atoms with van der Waals surface area (Å²) in [7, 11) is 0. The molecule has 0 radical (unpaired) electrons. The Morgan fingerprint density at radius 1 is 0.700 bits per heavy atom. The Balaban J connectivity index is -0.0000000257. The number of carboxylic acid groups (broad SMARTS) is 3. The van der Waals surface area contributed by atoms with E-state index >= 15 is 0 Å². The van der Waals surface area contributed by atoms with Crippen LogP contribution in [0.5, 0.6) is 0 Å². The van der Waals surface area contributed by atoms with E-state index in [0.717, 1.165) is 0 Å². The average Bonchev–Trinajstić information content (AvgIpc) is 1.70. The predicted octanol–water partition coefficient (Wildman–Crippen LogP) is -4.90. The van der Waals surface area contributed by atoms with Crippen LogP contribution in [0.4, 0.5) is 0 Å². The van der Waals surface area contributed by atoms with Crippen molar-refractivity contribution in [2.24, 2.45) is 0 Å². The molecule has 6 nitrogen and oxygen atoms in total. The van der Waals surface area contributed by atoms with Crippen molar-refractivity contribution in [1.82, 2.24) is 0 Å². The van der Waals surface area contributed by atoms with Crippen LogP contribution in [0.3, 0.4) is 0 Å². The third-order valence-corrected chi connectivity index (χ3v) is 0. The van der Waals surface area contributed by atoms with Crippen molar-refractivity contribution >= 4 is 19.4 Å². The molecule has 0 fully saturated rings. The van der Waals surface area contributed by atoms with E-state index in [1.165, 1.54) is 0 Å². The minimum Gasteiger partial charge on any atom is -0.554 e. The zero-order chi connectivity index (χ0) is 8.12. The molecular formula is C3H3EuO6. The van der Waals surface area contributed by atoms with Gasteiger partial charge in [-0.05, 0) is 0 Å². The van der Waals surface area contributed by atoms with Gasteiger partial charge in [0.15, 0.2) is 0 Å². The summed E-state index contributed by atoms with van der Waals surface area (Å²) in [6.45, 7) is -1.50. The minimum atomic E-state index is -0.500. The van der Waals surface area contributed by atoms with Crippen LogP contribution in [0, 0.1) is 49.4 Å². The van der Waals surface area contributed by atoms with E-state index in [1.807, 2.05) is 0 Å². The first-order chi connectivity index (χ1) is 4.24. The van der Waals surface area contributed by atoms with Gasteiger partial charge >= 0.3 is 49.4 Å². The predicted molar refractivity (Wildman–Crippen MR) is 18.2 cm³/mol. The topological polar surface area (TPSA) is 120 Å². The molecule has 0 rings (SSSR count). The summed E-state index contributed by atoms with van der Waals surface area (Å²) in [5.74, 6) is 0. The van der Waals surface area contributed by atoms with Crippen LogP contribution in [0.25, 0.3) is 0 Å². The smallest absolute Gasteiger partial charge is 0.554 e. The van der Waals surface area contributed by atoms with Gasteiger partial charge in [-0.3, -0.25) is 0 Å². The molecule has 10 heavy (non-hydrogen) atoms. The first-order valence-electron chi connectivity index (χ1n) is 1.41. The van der Waals surface area contributed by atoms with Gasteiger partial charge in [-0.15, -0.1) is 0 Å². The van der Waals surface area contributed by atoms with E-state index in [9.17, 15) is 0 Å². The molecule has 7 heteroatoms. The Bertz CT molecular complexity index is 49.7. The molecule has 0 N–H and O–H groups in total. The second-order valence-corrected chi connectivity index (χ2v) is 0.289. The number of carbonyl (C=O) groups is 3. The molecule has 0 aromatic rings. The van der Waals surface area contributed by atoms with E-state index in [-0.39, 0.29) is 49.4 Å². The van der Waals surface area contributed by atoms with Crippen LogP contribution in [0.15, 0.2) is 0 Å². The minimum absolute atomic E-state index is 0. The van der Waals surface area contributed by atoms with Crippen LogP contribution in [-0.2, 0) is 14.4 Å². The fourth-order valence-electron chi connectivity index (χ4n) is 0. The molecule has 0 aliphatic carbocycles. The quantitative estimate of drug-likeness (QED) is 0.412. The third-order valence-electron chi connectivity index (χ3n) is 0. The fourth-order valence-corrected chi connectivity index (χ4v) is 0. The molecule has 0 aromatic heterocycles. The molecule has 0 saturated heterocycles. The summed E-state index contributed by atoms with van der Waals surface area (Å²) >= 11 is 0. The van der Waals surface area contributed by atoms with Gasteiger partial charge in [0.2, 0.25) is 0 Å². The summed E-state index contributed by atoms with van der Waals surface area (Å²) in [6, 6.07) is 0. The summed E-state index contributed by atoms with van der Waals surface area (Å²) in [5, 5.41) is 24.8. The molecule has 0 heterocycles. The van der Waals surface area contributed by atoms with E-state index in [4.69, 9.17) is 29.7 Å². The maximum absolute atomic E-state index is 8.25. The zero-order valence-corrected chi connectivity index (χ0v) is 6.98. The van der Waals surface area contributed by atoms with Crippen molar-refractivity contribution in [2.75, 3.05) is 0 Å². The largest absolute Gasteiger partial charge is 3.00 e. The normalized spacial score (nSPS) is 3.60. The molecule has 0 amide bonds. The Morgan fingerprint density at radius 3 is 0.700 bits per heavy atom. The molecule has 0 spiro atoms. The Kier molecular flexibility index (Phi) is 144. The van der Waals surface area contributed by atoms with Gasteiger partial charge in [0.1, 0.15) is 0 Å². The number of carbonyl (C=O) groups excluding carboxylic acids is 3. The maximum Gasteiger partial charge on any atom is 3.00 e. The summed E-state index contributed by atoms with van der Waals surface area (Å²) in [4.78, 5) is 24.8. The van der Waals surface area contributed by atoms with Crippen molar-refractivity contribution in [1.29, 1.82) is 0 Å². The monoisotopic (exact) mass is 288 g/mol. The van der Waals surface area contributed by atoms with Crippen molar-refractivity contribution < 1.29 is 79.1 Å². The third kappa shape index (κ3) is 12500000. The summed E-state index contributed by atoms with van der Waals surface area (Å²) in [5.41, 5.74) is 0. The average molecular weight is 287 g/mol. The number of hydrogen-bond acceptors (Lipinski definition) is 6. The number of rotatable bonds is 0. The molecular weight excluding hydrogens is 284 g/mol. The van der Waals surface area contributed by atoms with Crippen LogP contribution in [0.2, 0.25) is 0 Å². The van der Waals surface area contributed by atoms with E-state index < -0.39 is 19.4 Å². The van der Waals surface area contributed by atoms with Crippen LogP contribution >= 0.6 is 0 Å². The molecule has 0 aromatic carbocycles. The van der Waals surface area contributed by atoms with Crippen molar-refractivity contribution in [3.05, 3.63) is 0 Å². The first-order valence-corrected chi connectivity index (χ1v) is 1.41. The van der Waals surface area contributed by atoms with Crippen molar-refractivity contribution in [2.45, 2.75) is 0 Å². The molecule has 0 saturated carbocycles. The van der Waals surface area contributed by atoms with Gasteiger partial charge in [-0.2, -0.15) is 0 Å². The van der Waals surface area contributed by atoms with E-state index in [1.54, 1.807) is 0 Å². The van der Waals surface area contributed by atoms with Gasteiger partial charge in [-0.25, -0.2) is 0 Å². The van der Waals surface area contributed by atoms with Crippen LogP contribution < -0.4 is 15.3 Å². The van der Waals surface area contributed by atoms with Crippen LogP contribution in [0.1, 0.15) is 0 Å². The molecule has 0 unspecified atom stereocenters. The van der Waals surface area contributed by atoms with Gasteiger partial charge in [-0.1, -0.05) is 0 Å². The Hall–Kier alpha value is -0.00558. The van der Waals surface area contributed by atoms with Crippen molar-refractivity contribution in [3.63, 3.8) is 0 Å². The first kappa shape index (κ1) is 22.5. The standard InChI is InChI=1S/3CH2O2.Eu/c3*2-1-3;/h3*1H,(H,2,3);/q;;;+3/p-3. The van der Waals surface area contributed by atoms with Gasteiger partial charge < -0.3 is 29.7 Å². The molecule has 0 aliphatic heterocycles. The summed E-state index contributed by atoms with van der Waals surface area (Å²) in [6.07, 6.45) is 0. The van der Waals surface area contributed by atoms with Crippen LogP contribution in [-0.4, -0.2) is 19.4 Å². The molecule has 0 aliphatic rings. The summed E-state index contributed by atoms with van der Waals surface area (Å²) < 4.78 is 0. The SMILES string of the molecule is O=C[O-].O=C[O-].O=C[O-].[Eu+3]. The second kappa shape index (κ2) is 64.1. The second-order valence-electron chi connectivity index (χ2n) is 0.289. The molecule has 58 valence electrons. The Morgan fingerprint density at radius 2 is 0.700 bits per heavy atom. The van der Waals surface area contributed by atoms with Crippen molar-refractivity contribution in [3.8, 4) is 0 Å². The maximum atomic E-state index is 8.25. The van der Waals surface area contributed by atoms with Gasteiger partial charge in [0.05, 0.1) is 0 Å². The van der Waals surface area contributed by atoms with E-state index in [2.05, 4.69) is 0 Å². The zero-order valence-electron chi connectivity index (χ0n) is 4.56. The van der Waals surface area contributed by atoms with Gasteiger partial charge in [0, 0.05) is 19.4 Å². The fraction of sp³-hybridized carbons (Fsp3) is 0. The molecule has 0 bridgehead atoms. The number of hydrogen-bond donors (Lipinski definition) is 0. The van der Waals surface area contributed by atoms with Gasteiger partial charge in [0.25, 0.3) is 0 Å². The Labute approximate surface area is 97.4 Å².